The van der Waals surface area contributed by atoms with Crippen molar-refractivity contribution in [1.29, 1.82) is 0 Å². The Balaban J connectivity index is 0.00000265. The fourth-order valence-electron chi connectivity index (χ4n) is 2.94. The first kappa shape index (κ1) is 29.2. The maximum atomic E-state index is 12.3. The molecule has 0 saturated carbocycles. The summed E-state index contributed by atoms with van der Waals surface area (Å²) in [6.45, 7) is 12.2. The third kappa shape index (κ3) is 12.2. The lowest BCUT2D eigenvalue weighted by Gasteiger charge is -2.13. The summed E-state index contributed by atoms with van der Waals surface area (Å²) >= 11 is 4.28. The van der Waals surface area contributed by atoms with E-state index in [1.165, 1.54) is 12.8 Å². The molecule has 1 heterocycles. The molecule has 1 amide bonds. The molecule has 0 aliphatic heterocycles. The molecule has 0 aliphatic carbocycles. The van der Waals surface area contributed by atoms with Crippen LogP contribution in [0.15, 0.2) is 41.6 Å². The molecule has 1 unspecified atom stereocenters. The second-order valence-corrected chi connectivity index (χ2v) is 7.79. The minimum atomic E-state index is -0.115. The van der Waals surface area contributed by atoms with Gasteiger partial charge in [-0.05, 0) is 31.0 Å². The molecule has 186 valence electrons. The van der Waals surface area contributed by atoms with Crippen molar-refractivity contribution in [2.24, 2.45) is 0 Å². The Morgan fingerprint density at radius 1 is 1.00 bits per heavy atom. The van der Waals surface area contributed by atoms with Crippen molar-refractivity contribution >= 4 is 18.5 Å². The number of benzene rings is 1. The molecule has 0 fully saturated rings. The van der Waals surface area contributed by atoms with Crippen LogP contribution in [0.3, 0.4) is 0 Å². The van der Waals surface area contributed by atoms with E-state index in [0.29, 0.717) is 45.1 Å². The lowest BCUT2D eigenvalue weighted by atomic mass is 10.1. The van der Waals surface area contributed by atoms with E-state index < -0.39 is 0 Å². The van der Waals surface area contributed by atoms with Crippen molar-refractivity contribution in [3.05, 3.63) is 47.8 Å². The lowest BCUT2D eigenvalue weighted by Crippen LogP contribution is -2.27. The second kappa shape index (κ2) is 18.5. The van der Waals surface area contributed by atoms with Crippen molar-refractivity contribution in [3.8, 4) is 0 Å². The summed E-state index contributed by atoms with van der Waals surface area (Å²) in [5.41, 5.74) is 1.69. The molecule has 1 aromatic carbocycles. The summed E-state index contributed by atoms with van der Waals surface area (Å²) in [6.07, 6.45) is 7.10. The van der Waals surface area contributed by atoms with Gasteiger partial charge >= 0.3 is 0 Å². The SMILES string of the molecule is CC.CCCCCOCCOCCOCCNC(=O)c1ccc(C(C)n2cc(S)cn2)cc1. The van der Waals surface area contributed by atoms with Gasteiger partial charge in [0.25, 0.3) is 5.91 Å². The molecular weight excluding hydrogens is 438 g/mol. The maximum absolute atomic E-state index is 12.3. The van der Waals surface area contributed by atoms with Crippen LogP contribution in [0.4, 0.5) is 0 Å². The van der Waals surface area contributed by atoms with Crippen LogP contribution in [-0.2, 0) is 14.2 Å². The van der Waals surface area contributed by atoms with Crippen LogP contribution in [0.25, 0.3) is 0 Å². The summed E-state index contributed by atoms with van der Waals surface area (Å²) in [6, 6.07) is 7.61. The minimum absolute atomic E-state index is 0.0706. The predicted octanol–water partition coefficient (Wildman–Crippen LogP) is 4.78. The van der Waals surface area contributed by atoms with Crippen molar-refractivity contribution in [2.75, 3.05) is 46.2 Å². The first-order valence-corrected chi connectivity index (χ1v) is 12.4. The van der Waals surface area contributed by atoms with Gasteiger partial charge in [-0.2, -0.15) is 5.10 Å². The number of carbonyl (C=O) groups is 1. The zero-order valence-electron chi connectivity index (χ0n) is 20.6. The van der Waals surface area contributed by atoms with Crippen LogP contribution < -0.4 is 5.32 Å². The zero-order chi connectivity index (χ0) is 24.3. The average Bonchev–Trinajstić information content (AvgIpc) is 3.29. The van der Waals surface area contributed by atoms with Gasteiger partial charge in [-0.25, -0.2) is 0 Å². The highest BCUT2D eigenvalue weighted by Crippen LogP contribution is 2.19. The number of hydrogen-bond donors (Lipinski definition) is 2. The first-order chi connectivity index (χ1) is 16.1. The van der Waals surface area contributed by atoms with Crippen LogP contribution in [0.2, 0.25) is 0 Å². The van der Waals surface area contributed by atoms with E-state index in [2.05, 4.69) is 36.9 Å². The van der Waals surface area contributed by atoms with Crippen molar-refractivity contribution < 1.29 is 19.0 Å². The van der Waals surface area contributed by atoms with Crippen molar-refractivity contribution in [2.45, 2.75) is 57.9 Å². The molecule has 0 radical (unpaired) electrons. The van der Waals surface area contributed by atoms with Crippen molar-refractivity contribution in [1.82, 2.24) is 15.1 Å². The molecule has 7 nitrogen and oxygen atoms in total. The molecule has 1 N–H and O–H groups in total. The largest absolute Gasteiger partial charge is 0.379 e. The third-order valence-corrected chi connectivity index (χ3v) is 5.04. The summed E-state index contributed by atoms with van der Waals surface area (Å²) in [7, 11) is 0. The van der Waals surface area contributed by atoms with E-state index in [-0.39, 0.29) is 11.9 Å². The smallest absolute Gasteiger partial charge is 0.251 e. The first-order valence-electron chi connectivity index (χ1n) is 12.0. The van der Waals surface area contributed by atoms with Gasteiger partial charge in [0, 0.05) is 29.8 Å². The normalized spacial score (nSPS) is 11.5. The van der Waals surface area contributed by atoms with Crippen LogP contribution in [0.1, 0.15) is 68.9 Å². The topological polar surface area (TPSA) is 74.6 Å². The highest BCUT2D eigenvalue weighted by Gasteiger charge is 2.10. The number of nitrogens with one attached hydrogen (secondary N) is 1. The number of nitrogens with zero attached hydrogens (tertiary/aromatic N) is 2. The summed E-state index contributed by atoms with van der Waals surface area (Å²) in [4.78, 5) is 13.1. The van der Waals surface area contributed by atoms with Gasteiger partial charge in [0.2, 0.25) is 0 Å². The minimum Gasteiger partial charge on any atom is -0.379 e. The number of rotatable bonds is 16. The molecule has 1 aromatic heterocycles. The fraction of sp³-hybridized carbons (Fsp3) is 0.600. The number of thiol groups is 1. The van der Waals surface area contributed by atoms with Crippen molar-refractivity contribution in [3.63, 3.8) is 0 Å². The Hall–Kier alpha value is -1.87. The molecule has 1 atom stereocenters. The van der Waals surface area contributed by atoms with Crippen LogP contribution >= 0.6 is 12.6 Å². The van der Waals surface area contributed by atoms with Gasteiger partial charge in [-0.1, -0.05) is 45.7 Å². The maximum Gasteiger partial charge on any atom is 0.251 e. The Morgan fingerprint density at radius 3 is 2.18 bits per heavy atom. The molecule has 33 heavy (non-hydrogen) atoms. The second-order valence-electron chi connectivity index (χ2n) is 7.28. The van der Waals surface area contributed by atoms with Gasteiger partial charge in [0.05, 0.1) is 45.3 Å². The lowest BCUT2D eigenvalue weighted by molar-refractivity contribution is 0.0145. The number of unbranched alkanes of at least 4 members (excludes halogenated alkanes) is 2. The van der Waals surface area contributed by atoms with Gasteiger partial charge < -0.3 is 19.5 Å². The van der Waals surface area contributed by atoms with E-state index in [4.69, 9.17) is 14.2 Å². The fourth-order valence-corrected chi connectivity index (χ4v) is 3.11. The summed E-state index contributed by atoms with van der Waals surface area (Å²) < 4.78 is 18.3. The number of amides is 1. The Morgan fingerprint density at radius 2 is 1.61 bits per heavy atom. The Kier molecular flexibility index (Phi) is 16.4. The molecule has 0 saturated heterocycles. The third-order valence-electron chi connectivity index (χ3n) is 4.81. The molecule has 2 aromatic rings. The molecule has 0 bridgehead atoms. The van der Waals surface area contributed by atoms with Gasteiger partial charge in [-0.15, -0.1) is 12.6 Å². The van der Waals surface area contributed by atoms with E-state index in [9.17, 15) is 4.79 Å². The number of hydrogen-bond acceptors (Lipinski definition) is 6. The molecular formula is C25H41N3O4S. The standard InChI is InChI=1S/C23H35N3O4S.C2H6/c1-3-4-5-11-28-13-15-30-16-14-29-12-10-24-23(27)21-8-6-20(7-9-21)19(2)26-18-22(31)17-25-26;1-2/h6-9,17-19,31H,3-5,10-16H2,1-2H3,(H,24,27);1-2H3. The summed E-state index contributed by atoms with van der Waals surface area (Å²) in [5, 5.41) is 7.15. The van der Waals surface area contributed by atoms with Gasteiger partial charge in [-0.3, -0.25) is 9.48 Å². The van der Waals surface area contributed by atoms with E-state index in [0.717, 1.165) is 23.5 Å². The predicted molar refractivity (Wildman–Crippen MR) is 135 cm³/mol. The van der Waals surface area contributed by atoms with E-state index in [1.807, 2.05) is 49.0 Å². The number of aromatic nitrogens is 2. The highest BCUT2D eigenvalue weighted by atomic mass is 32.1. The molecule has 0 spiro atoms. The number of ether oxygens (including phenoxy) is 3. The molecule has 8 heteroatoms. The summed E-state index contributed by atoms with van der Waals surface area (Å²) in [5.74, 6) is -0.115. The Bertz CT molecular complexity index is 752. The van der Waals surface area contributed by atoms with Crippen LogP contribution in [0.5, 0.6) is 0 Å². The average molecular weight is 480 g/mol. The van der Waals surface area contributed by atoms with Crippen LogP contribution in [-0.4, -0.2) is 61.9 Å². The number of carbonyl (C=O) groups excluding carboxylic acids is 1. The zero-order valence-corrected chi connectivity index (χ0v) is 21.5. The van der Waals surface area contributed by atoms with E-state index in [1.54, 1.807) is 6.20 Å². The Labute approximate surface area is 204 Å². The highest BCUT2D eigenvalue weighted by molar-refractivity contribution is 7.80. The van der Waals surface area contributed by atoms with Gasteiger partial charge in [0.1, 0.15) is 0 Å². The van der Waals surface area contributed by atoms with Gasteiger partial charge in [0.15, 0.2) is 0 Å². The molecule has 2 rings (SSSR count). The van der Waals surface area contributed by atoms with E-state index >= 15 is 0 Å². The van der Waals surface area contributed by atoms with Crippen LogP contribution in [0, 0.1) is 0 Å². The molecule has 0 aliphatic rings. The monoisotopic (exact) mass is 479 g/mol. The quantitative estimate of drug-likeness (QED) is 0.268.